The Morgan fingerprint density at radius 1 is 1.15 bits per heavy atom. The summed E-state index contributed by atoms with van der Waals surface area (Å²) in [6.07, 6.45) is 0. The first-order valence-corrected chi connectivity index (χ1v) is 10.5. The number of benzene rings is 2. The van der Waals surface area contributed by atoms with Crippen LogP contribution in [0.15, 0.2) is 47.4 Å². The van der Waals surface area contributed by atoms with E-state index in [1.54, 1.807) is 30.3 Å². The first kappa shape index (κ1) is 20.2. The molecule has 8 heteroatoms. The van der Waals surface area contributed by atoms with E-state index in [2.05, 4.69) is 0 Å². The van der Waals surface area contributed by atoms with Crippen LogP contribution in [0.1, 0.15) is 11.1 Å². The number of sulfonamides is 1. The molecule has 0 bridgehead atoms. The smallest absolute Gasteiger partial charge is 0.243 e. The molecule has 0 amide bonds. The minimum atomic E-state index is -3.54. The van der Waals surface area contributed by atoms with Gasteiger partial charge in [-0.2, -0.15) is 4.31 Å². The van der Waals surface area contributed by atoms with Gasteiger partial charge in [-0.15, -0.1) is 0 Å². The summed E-state index contributed by atoms with van der Waals surface area (Å²) in [4.78, 5) is 2.16. The number of hydrogen-bond acceptors (Lipinski definition) is 4. The topological polar surface area (TPSA) is 49.9 Å². The van der Waals surface area contributed by atoms with E-state index in [0.717, 1.165) is 5.56 Å². The average Bonchev–Trinajstić information content (AvgIpc) is 2.66. The molecule has 0 saturated carbocycles. The lowest BCUT2D eigenvalue weighted by Gasteiger charge is -2.26. The van der Waals surface area contributed by atoms with Crippen LogP contribution in [0.5, 0.6) is 0 Å². The zero-order chi connectivity index (χ0) is 19.4. The largest absolute Gasteiger partial charge is 0.379 e. The van der Waals surface area contributed by atoms with E-state index in [0.29, 0.717) is 50.0 Å². The predicted molar refractivity (Wildman–Crippen MR) is 103 cm³/mol. The highest BCUT2D eigenvalue weighted by Crippen LogP contribution is 2.22. The Morgan fingerprint density at radius 2 is 1.85 bits per heavy atom. The number of rotatable bonds is 6. The van der Waals surface area contributed by atoms with Crippen LogP contribution in [0, 0.1) is 5.82 Å². The molecule has 0 N–H and O–H groups in total. The van der Waals surface area contributed by atoms with Crippen LogP contribution in [-0.4, -0.2) is 51.0 Å². The predicted octanol–water partition coefficient (Wildman–Crippen LogP) is 3.13. The van der Waals surface area contributed by atoms with E-state index in [9.17, 15) is 12.8 Å². The summed E-state index contributed by atoms with van der Waals surface area (Å²) in [5.41, 5.74) is 1.26. The molecule has 1 fully saturated rings. The third kappa shape index (κ3) is 4.86. The molecular formula is C19H22ClFN2O3S. The molecule has 3 rings (SSSR count). The van der Waals surface area contributed by atoms with Gasteiger partial charge >= 0.3 is 0 Å². The van der Waals surface area contributed by atoms with Crippen molar-refractivity contribution >= 4 is 21.6 Å². The SMILES string of the molecule is CN(Cc1cccc(S(=O)(=O)N2CCOCC2)c1)Cc1c(F)cccc1Cl. The maximum absolute atomic E-state index is 14.0. The molecular weight excluding hydrogens is 391 g/mol. The molecule has 27 heavy (non-hydrogen) atoms. The van der Waals surface area contributed by atoms with Gasteiger partial charge in [-0.1, -0.05) is 29.8 Å². The third-order valence-corrected chi connectivity index (χ3v) is 6.70. The van der Waals surface area contributed by atoms with E-state index in [-0.39, 0.29) is 10.7 Å². The van der Waals surface area contributed by atoms with Gasteiger partial charge < -0.3 is 4.74 Å². The number of nitrogens with zero attached hydrogens (tertiary/aromatic N) is 2. The molecule has 0 atom stereocenters. The van der Waals surface area contributed by atoms with Gasteiger partial charge in [0.25, 0.3) is 0 Å². The van der Waals surface area contributed by atoms with Crippen LogP contribution >= 0.6 is 11.6 Å². The lowest BCUT2D eigenvalue weighted by molar-refractivity contribution is 0.0730. The van der Waals surface area contributed by atoms with Gasteiger partial charge in [-0.25, -0.2) is 12.8 Å². The Balaban J connectivity index is 1.74. The van der Waals surface area contributed by atoms with Crippen molar-refractivity contribution in [2.75, 3.05) is 33.4 Å². The number of ether oxygens (including phenoxy) is 1. The minimum Gasteiger partial charge on any atom is -0.379 e. The van der Waals surface area contributed by atoms with Crippen molar-refractivity contribution in [3.05, 3.63) is 64.4 Å². The van der Waals surface area contributed by atoms with Crippen molar-refractivity contribution in [1.29, 1.82) is 0 Å². The second-order valence-electron chi connectivity index (χ2n) is 6.54. The molecule has 1 aliphatic heterocycles. The summed E-state index contributed by atoms with van der Waals surface area (Å²) in [6, 6.07) is 11.5. The maximum atomic E-state index is 14.0. The molecule has 0 aliphatic carbocycles. The second kappa shape index (κ2) is 8.67. The molecule has 1 saturated heterocycles. The Hall–Kier alpha value is -1.51. The lowest BCUT2D eigenvalue weighted by atomic mass is 10.1. The molecule has 0 radical (unpaired) electrons. The van der Waals surface area contributed by atoms with E-state index in [4.69, 9.17) is 16.3 Å². The van der Waals surface area contributed by atoms with Crippen LogP contribution in [0.4, 0.5) is 4.39 Å². The number of morpholine rings is 1. The summed E-state index contributed by atoms with van der Waals surface area (Å²) < 4.78 is 46.2. The molecule has 1 heterocycles. The normalized spacial score (nSPS) is 16.0. The minimum absolute atomic E-state index is 0.263. The van der Waals surface area contributed by atoms with Crippen LogP contribution < -0.4 is 0 Å². The fourth-order valence-electron chi connectivity index (χ4n) is 3.06. The van der Waals surface area contributed by atoms with E-state index in [1.165, 1.54) is 10.4 Å². The average molecular weight is 413 g/mol. The van der Waals surface area contributed by atoms with Crippen molar-refractivity contribution in [3.8, 4) is 0 Å². The number of halogens is 2. The van der Waals surface area contributed by atoms with Gasteiger partial charge in [0.15, 0.2) is 0 Å². The Labute approximate surface area is 164 Å². The Kier molecular flexibility index (Phi) is 6.49. The van der Waals surface area contributed by atoms with Crippen molar-refractivity contribution in [2.24, 2.45) is 0 Å². The molecule has 146 valence electrons. The third-order valence-electron chi connectivity index (χ3n) is 4.45. The summed E-state index contributed by atoms with van der Waals surface area (Å²) in [5, 5.41) is 0.380. The van der Waals surface area contributed by atoms with E-state index >= 15 is 0 Å². The highest BCUT2D eigenvalue weighted by Gasteiger charge is 2.26. The fraction of sp³-hybridized carbons (Fsp3) is 0.368. The molecule has 2 aromatic rings. The monoisotopic (exact) mass is 412 g/mol. The van der Waals surface area contributed by atoms with Crippen molar-refractivity contribution < 1.29 is 17.5 Å². The first-order chi connectivity index (χ1) is 12.9. The zero-order valence-corrected chi connectivity index (χ0v) is 16.6. The summed E-state index contributed by atoms with van der Waals surface area (Å²) in [7, 11) is -1.70. The standard InChI is InChI=1S/C19H22ClFN2O3S/c1-22(14-17-18(20)6-3-7-19(17)21)13-15-4-2-5-16(12-15)27(24,25)23-8-10-26-11-9-23/h2-7,12H,8-11,13-14H2,1H3. The fourth-order valence-corrected chi connectivity index (χ4v) is 4.76. The molecule has 5 nitrogen and oxygen atoms in total. The van der Waals surface area contributed by atoms with Gasteiger partial charge in [0.2, 0.25) is 10.0 Å². The lowest BCUT2D eigenvalue weighted by Crippen LogP contribution is -2.40. The summed E-state index contributed by atoms with van der Waals surface area (Å²) in [5.74, 6) is -0.349. The van der Waals surface area contributed by atoms with Crippen molar-refractivity contribution in [2.45, 2.75) is 18.0 Å². The molecule has 2 aromatic carbocycles. The molecule has 0 aromatic heterocycles. The van der Waals surface area contributed by atoms with Crippen molar-refractivity contribution in [3.63, 3.8) is 0 Å². The summed E-state index contributed by atoms with van der Waals surface area (Å²) in [6.45, 7) is 2.33. The van der Waals surface area contributed by atoms with E-state index < -0.39 is 10.0 Å². The van der Waals surface area contributed by atoms with Gasteiger partial charge in [0.1, 0.15) is 5.82 Å². The van der Waals surface area contributed by atoms with Crippen LogP contribution in [0.3, 0.4) is 0 Å². The molecule has 1 aliphatic rings. The number of hydrogen-bond donors (Lipinski definition) is 0. The molecule has 0 unspecified atom stereocenters. The summed E-state index contributed by atoms with van der Waals surface area (Å²) >= 11 is 6.09. The van der Waals surface area contributed by atoms with Gasteiger partial charge in [-0.3, -0.25) is 4.90 Å². The van der Waals surface area contributed by atoms with Gasteiger partial charge in [0, 0.05) is 36.8 Å². The van der Waals surface area contributed by atoms with Crippen molar-refractivity contribution in [1.82, 2.24) is 9.21 Å². The van der Waals surface area contributed by atoms with Crippen LogP contribution in [0.25, 0.3) is 0 Å². The quantitative estimate of drug-likeness (QED) is 0.731. The van der Waals surface area contributed by atoms with Crippen LogP contribution in [-0.2, 0) is 27.8 Å². The maximum Gasteiger partial charge on any atom is 0.243 e. The zero-order valence-electron chi connectivity index (χ0n) is 15.1. The Morgan fingerprint density at radius 3 is 2.56 bits per heavy atom. The first-order valence-electron chi connectivity index (χ1n) is 8.66. The van der Waals surface area contributed by atoms with Gasteiger partial charge in [0.05, 0.1) is 18.1 Å². The molecule has 0 spiro atoms. The van der Waals surface area contributed by atoms with E-state index in [1.807, 2.05) is 18.0 Å². The Bertz CT molecular complexity index is 881. The highest BCUT2D eigenvalue weighted by molar-refractivity contribution is 7.89. The van der Waals surface area contributed by atoms with Crippen LogP contribution in [0.2, 0.25) is 5.02 Å². The highest BCUT2D eigenvalue weighted by atomic mass is 35.5. The van der Waals surface area contributed by atoms with Gasteiger partial charge in [-0.05, 0) is 36.9 Å². The second-order valence-corrected chi connectivity index (χ2v) is 8.88.